The molecule has 72 valence electrons. The van der Waals surface area contributed by atoms with Gasteiger partial charge in [0.15, 0.2) is 0 Å². The SMILES string of the molecule is C[C@H]1CCC[C@@H](O)[C@@H](CCO)O1. The number of aliphatic hydroxyl groups excluding tert-OH is 2. The molecule has 0 aromatic heterocycles. The van der Waals surface area contributed by atoms with Crippen LogP contribution in [0, 0.1) is 0 Å². The summed E-state index contributed by atoms with van der Waals surface area (Å²) in [4.78, 5) is 0. The maximum absolute atomic E-state index is 9.56. The van der Waals surface area contributed by atoms with Crippen molar-refractivity contribution in [2.24, 2.45) is 0 Å². The third-order valence-corrected chi connectivity index (χ3v) is 2.36. The van der Waals surface area contributed by atoms with Crippen molar-refractivity contribution in [3.63, 3.8) is 0 Å². The highest BCUT2D eigenvalue weighted by Crippen LogP contribution is 2.20. The second-order valence-corrected chi connectivity index (χ2v) is 3.50. The average molecular weight is 174 g/mol. The molecule has 0 radical (unpaired) electrons. The number of ether oxygens (including phenoxy) is 1. The van der Waals surface area contributed by atoms with E-state index < -0.39 is 0 Å². The van der Waals surface area contributed by atoms with Crippen LogP contribution in [0.25, 0.3) is 0 Å². The molecule has 1 rings (SSSR count). The summed E-state index contributed by atoms with van der Waals surface area (Å²) in [5.41, 5.74) is 0. The van der Waals surface area contributed by atoms with Crippen LogP contribution in [0.3, 0.4) is 0 Å². The molecule has 0 unspecified atom stereocenters. The molecule has 0 spiro atoms. The third-order valence-electron chi connectivity index (χ3n) is 2.36. The van der Waals surface area contributed by atoms with Gasteiger partial charge in [-0.25, -0.2) is 0 Å². The lowest BCUT2D eigenvalue weighted by Gasteiger charge is -2.21. The molecule has 0 bridgehead atoms. The molecule has 0 aromatic rings. The van der Waals surface area contributed by atoms with Crippen molar-refractivity contribution in [2.75, 3.05) is 6.61 Å². The summed E-state index contributed by atoms with van der Waals surface area (Å²) in [6.07, 6.45) is 3.05. The van der Waals surface area contributed by atoms with E-state index in [9.17, 15) is 5.11 Å². The summed E-state index contributed by atoms with van der Waals surface area (Å²) >= 11 is 0. The topological polar surface area (TPSA) is 49.7 Å². The van der Waals surface area contributed by atoms with Gasteiger partial charge in [-0.05, 0) is 32.6 Å². The molecule has 0 aromatic carbocycles. The molecular weight excluding hydrogens is 156 g/mol. The Balaban J connectivity index is 2.42. The van der Waals surface area contributed by atoms with E-state index in [2.05, 4.69) is 0 Å². The van der Waals surface area contributed by atoms with E-state index in [-0.39, 0.29) is 24.9 Å². The first-order valence-electron chi connectivity index (χ1n) is 4.68. The van der Waals surface area contributed by atoms with E-state index in [0.29, 0.717) is 6.42 Å². The first-order chi connectivity index (χ1) is 5.74. The Labute approximate surface area is 73.4 Å². The molecule has 0 saturated carbocycles. The van der Waals surface area contributed by atoms with Crippen LogP contribution < -0.4 is 0 Å². The van der Waals surface area contributed by atoms with Gasteiger partial charge in [0.2, 0.25) is 0 Å². The Kier molecular flexibility index (Phi) is 3.98. The van der Waals surface area contributed by atoms with E-state index in [1.807, 2.05) is 6.92 Å². The predicted molar refractivity (Wildman–Crippen MR) is 45.9 cm³/mol. The van der Waals surface area contributed by atoms with Gasteiger partial charge in [-0.3, -0.25) is 0 Å². The van der Waals surface area contributed by atoms with E-state index >= 15 is 0 Å². The van der Waals surface area contributed by atoms with Gasteiger partial charge in [0.05, 0.1) is 18.3 Å². The fourth-order valence-electron chi connectivity index (χ4n) is 1.65. The van der Waals surface area contributed by atoms with Crippen LogP contribution in [-0.2, 0) is 4.74 Å². The molecule has 1 aliphatic heterocycles. The lowest BCUT2D eigenvalue weighted by molar-refractivity contribution is -0.0672. The molecule has 3 nitrogen and oxygen atoms in total. The first kappa shape index (κ1) is 9.96. The second kappa shape index (κ2) is 4.80. The minimum absolute atomic E-state index is 0.0917. The third kappa shape index (κ3) is 2.73. The largest absolute Gasteiger partial charge is 0.396 e. The van der Waals surface area contributed by atoms with Crippen LogP contribution in [0.5, 0.6) is 0 Å². The molecule has 1 heterocycles. The minimum atomic E-state index is -0.387. The highest BCUT2D eigenvalue weighted by Gasteiger charge is 2.24. The Bertz CT molecular complexity index is 127. The van der Waals surface area contributed by atoms with Gasteiger partial charge in [-0.2, -0.15) is 0 Å². The summed E-state index contributed by atoms with van der Waals surface area (Å²) in [5, 5.41) is 18.3. The van der Waals surface area contributed by atoms with Gasteiger partial charge in [-0.15, -0.1) is 0 Å². The smallest absolute Gasteiger partial charge is 0.0859 e. The molecule has 1 saturated heterocycles. The zero-order chi connectivity index (χ0) is 8.97. The summed E-state index contributed by atoms with van der Waals surface area (Å²) in [5.74, 6) is 0. The van der Waals surface area contributed by atoms with Crippen molar-refractivity contribution in [1.29, 1.82) is 0 Å². The molecule has 2 N–H and O–H groups in total. The lowest BCUT2D eigenvalue weighted by Crippen LogP contribution is -2.30. The Morgan fingerprint density at radius 1 is 1.42 bits per heavy atom. The number of aliphatic hydroxyl groups is 2. The fraction of sp³-hybridized carbons (Fsp3) is 1.00. The summed E-state index contributed by atoms with van der Waals surface area (Å²) in [6.45, 7) is 2.11. The van der Waals surface area contributed by atoms with Crippen LogP contribution in [0.1, 0.15) is 32.6 Å². The van der Waals surface area contributed by atoms with Gasteiger partial charge in [0.1, 0.15) is 0 Å². The highest BCUT2D eigenvalue weighted by atomic mass is 16.5. The Morgan fingerprint density at radius 2 is 2.17 bits per heavy atom. The minimum Gasteiger partial charge on any atom is -0.396 e. The number of hydrogen-bond acceptors (Lipinski definition) is 3. The molecule has 1 fully saturated rings. The van der Waals surface area contributed by atoms with Crippen molar-refractivity contribution in [3.8, 4) is 0 Å². The number of hydrogen-bond donors (Lipinski definition) is 2. The number of rotatable bonds is 2. The Hall–Kier alpha value is -0.120. The second-order valence-electron chi connectivity index (χ2n) is 3.50. The van der Waals surface area contributed by atoms with Crippen LogP contribution >= 0.6 is 0 Å². The first-order valence-corrected chi connectivity index (χ1v) is 4.68. The summed E-state index contributed by atoms with van der Waals surface area (Å²) < 4.78 is 5.55. The van der Waals surface area contributed by atoms with Gasteiger partial charge in [-0.1, -0.05) is 0 Å². The molecule has 12 heavy (non-hydrogen) atoms. The molecule has 0 amide bonds. The zero-order valence-electron chi connectivity index (χ0n) is 7.57. The van der Waals surface area contributed by atoms with Crippen molar-refractivity contribution in [2.45, 2.75) is 50.9 Å². The van der Waals surface area contributed by atoms with Gasteiger partial charge >= 0.3 is 0 Å². The van der Waals surface area contributed by atoms with Gasteiger partial charge in [0, 0.05) is 6.61 Å². The molecule has 0 aliphatic carbocycles. The van der Waals surface area contributed by atoms with Crippen LogP contribution in [0.4, 0.5) is 0 Å². The maximum Gasteiger partial charge on any atom is 0.0859 e. The highest BCUT2D eigenvalue weighted by molar-refractivity contribution is 4.74. The van der Waals surface area contributed by atoms with E-state index in [1.54, 1.807) is 0 Å². The summed E-state index contributed by atoms with van der Waals surface area (Å²) in [7, 11) is 0. The van der Waals surface area contributed by atoms with E-state index in [1.165, 1.54) is 0 Å². The van der Waals surface area contributed by atoms with Gasteiger partial charge in [0.25, 0.3) is 0 Å². The van der Waals surface area contributed by atoms with E-state index in [4.69, 9.17) is 9.84 Å². The summed E-state index contributed by atoms with van der Waals surface area (Å²) in [6, 6.07) is 0. The average Bonchev–Trinajstić information content (AvgIpc) is 2.16. The zero-order valence-corrected chi connectivity index (χ0v) is 7.57. The van der Waals surface area contributed by atoms with Gasteiger partial charge < -0.3 is 14.9 Å². The Morgan fingerprint density at radius 3 is 2.83 bits per heavy atom. The van der Waals surface area contributed by atoms with Crippen LogP contribution in [0.2, 0.25) is 0 Å². The van der Waals surface area contributed by atoms with Crippen molar-refractivity contribution in [3.05, 3.63) is 0 Å². The molecular formula is C9H18O3. The molecule has 3 atom stereocenters. The van der Waals surface area contributed by atoms with E-state index in [0.717, 1.165) is 19.3 Å². The van der Waals surface area contributed by atoms with Crippen LogP contribution in [-0.4, -0.2) is 35.1 Å². The lowest BCUT2D eigenvalue weighted by atomic mass is 10.1. The van der Waals surface area contributed by atoms with Crippen molar-refractivity contribution < 1.29 is 14.9 Å². The molecule has 1 aliphatic rings. The monoisotopic (exact) mass is 174 g/mol. The van der Waals surface area contributed by atoms with Crippen LogP contribution in [0.15, 0.2) is 0 Å². The van der Waals surface area contributed by atoms with Crippen molar-refractivity contribution >= 4 is 0 Å². The predicted octanol–water partition coefficient (Wildman–Crippen LogP) is 0.687. The maximum atomic E-state index is 9.56. The molecule has 3 heteroatoms. The van der Waals surface area contributed by atoms with Crippen molar-refractivity contribution in [1.82, 2.24) is 0 Å². The quantitative estimate of drug-likeness (QED) is 0.647. The normalized spacial score (nSPS) is 37.8. The fourth-order valence-corrected chi connectivity index (χ4v) is 1.65. The standard InChI is InChI=1S/C9H18O3/c1-7-3-2-4-8(11)9(12-7)5-6-10/h7-11H,2-6H2,1H3/t7-,8+,9+/m0/s1.